The van der Waals surface area contributed by atoms with Gasteiger partial charge in [0.2, 0.25) is 10.0 Å². The van der Waals surface area contributed by atoms with Crippen LogP contribution in [0.2, 0.25) is 0 Å². The highest BCUT2D eigenvalue weighted by molar-refractivity contribution is 7.89. The Morgan fingerprint density at radius 3 is 2.25 bits per heavy atom. The minimum absolute atomic E-state index is 0.274. The van der Waals surface area contributed by atoms with Gasteiger partial charge in [-0.25, -0.2) is 13.1 Å². The van der Waals surface area contributed by atoms with Crippen LogP contribution in [0.25, 0.3) is 0 Å². The van der Waals surface area contributed by atoms with Gasteiger partial charge in [0.1, 0.15) is 0 Å². The summed E-state index contributed by atoms with van der Waals surface area (Å²) in [6, 6.07) is 9.42. The molecular weight excluding hydrogens is 374 g/mol. The number of aliphatic imine (C=N–C) groups is 1. The molecule has 0 atom stereocenters. The van der Waals surface area contributed by atoms with E-state index >= 15 is 0 Å². The first-order valence-corrected chi connectivity index (χ1v) is 11.6. The van der Waals surface area contributed by atoms with Crippen LogP contribution >= 0.6 is 0 Å². The zero-order chi connectivity index (χ0) is 21.0. The summed E-state index contributed by atoms with van der Waals surface area (Å²) in [6.45, 7) is 14.1. The molecule has 0 saturated heterocycles. The summed E-state index contributed by atoms with van der Waals surface area (Å²) in [5, 5.41) is 6.37. The van der Waals surface area contributed by atoms with Crippen LogP contribution in [0, 0.1) is 0 Å². The summed E-state index contributed by atoms with van der Waals surface area (Å²) in [4.78, 5) is 7.31. The maximum absolute atomic E-state index is 12.2. The Balaban J connectivity index is 2.42. The van der Waals surface area contributed by atoms with Gasteiger partial charge in [-0.2, -0.15) is 0 Å². The van der Waals surface area contributed by atoms with Crippen molar-refractivity contribution in [2.45, 2.75) is 58.0 Å². The van der Waals surface area contributed by atoms with Crippen LogP contribution in [0.1, 0.15) is 41.0 Å². The van der Waals surface area contributed by atoms with E-state index in [1.54, 1.807) is 30.3 Å². The molecule has 160 valence electrons. The second-order valence-electron chi connectivity index (χ2n) is 7.18. The fraction of sp³-hybridized carbons (Fsp3) is 0.650. The van der Waals surface area contributed by atoms with Crippen molar-refractivity contribution in [1.29, 1.82) is 0 Å². The molecule has 0 bridgehead atoms. The van der Waals surface area contributed by atoms with E-state index in [9.17, 15) is 8.42 Å². The number of hydrogen-bond acceptors (Lipinski definition) is 4. The topological polar surface area (TPSA) is 85.8 Å². The van der Waals surface area contributed by atoms with Gasteiger partial charge in [0.25, 0.3) is 0 Å². The second kappa shape index (κ2) is 12.7. The lowest BCUT2D eigenvalue weighted by Gasteiger charge is -2.30. The first-order chi connectivity index (χ1) is 13.3. The molecule has 0 heterocycles. The number of rotatable bonds is 12. The Morgan fingerprint density at radius 2 is 1.68 bits per heavy atom. The van der Waals surface area contributed by atoms with Gasteiger partial charge in [0.05, 0.1) is 4.90 Å². The third kappa shape index (κ3) is 9.03. The van der Waals surface area contributed by atoms with Crippen molar-refractivity contribution >= 4 is 16.0 Å². The SMILES string of the molecule is CCNC(=NCCCN(C(C)C)C(C)C)NCCNS(=O)(=O)c1ccccc1. The molecule has 0 aliphatic carbocycles. The molecule has 0 amide bonds. The van der Waals surface area contributed by atoms with Crippen LogP contribution in [0.15, 0.2) is 40.2 Å². The maximum atomic E-state index is 12.2. The lowest BCUT2D eigenvalue weighted by Crippen LogP contribution is -2.41. The van der Waals surface area contributed by atoms with E-state index in [0.29, 0.717) is 24.6 Å². The molecule has 0 aliphatic rings. The molecule has 0 unspecified atom stereocenters. The third-order valence-electron chi connectivity index (χ3n) is 4.28. The lowest BCUT2D eigenvalue weighted by atomic mass is 10.2. The Labute approximate surface area is 171 Å². The first kappa shape index (κ1) is 24.4. The molecule has 0 fully saturated rings. The summed E-state index contributed by atoms with van der Waals surface area (Å²) in [5.41, 5.74) is 0. The molecular formula is C20H37N5O2S. The van der Waals surface area contributed by atoms with Crippen molar-refractivity contribution in [3.63, 3.8) is 0 Å². The van der Waals surface area contributed by atoms with Gasteiger partial charge in [-0.1, -0.05) is 18.2 Å². The number of guanidine groups is 1. The molecule has 0 aliphatic heterocycles. The van der Waals surface area contributed by atoms with Crippen LogP contribution in [0.4, 0.5) is 0 Å². The summed E-state index contributed by atoms with van der Waals surface area (Å²) in [5.74, 6) is 0.710. The van der Waals surface area contributed by atoms with Crippen LogP contribution < -0.4 is 15.4 Å². The van der Waals surface area contributed by atoms with Gasteiger partial charge in [0, 0.05) is 44.8 Å². The van der Waals surface area contributed by atoms with E-state index in [0.717, 1.165) is 26.1 Å². The van der Waals surface area contributed by atoms with Gasteiger partial charge in [-0.15, -0.1) is 0 Å². The molecule has 7 nitrogen and oxygen atoms in total. The van der Waals surface area contributed by atoms with Crippen LogP contribution in [-0.4, -0.2) is 64.1 Å². The van der Waals surface area contributed by atoms with Crippen molar-refractivity contribution < 1.29 is 8.42 Å². The number of nitrogens with zero attached hydrogens (tertiary/aromatic N) is 2. The smallest absolute Gasteiger partial charge is 0.240 e. The fourth-order valence-corrected chi connectivity index (χ4v) is 4.00. The molecule has 28 heavy (non-hydrogen) atoms. The zero-order valence-electron chi connectivity index (χ0n) is 17.9. The highest BCUT2D eigenvalue weighted by Crippen LogP contribution is 2.06. The third-order valence-corrected chi connectivity index (χ3v) is 5.76. The van der Waals surface area contributed by atoms with Crippen LogP contribution in [0.5, 0.6) is 0 Å². The van der Waals surface area contributed by atoms with E-state index < -0.39 is 10.0 Å². The van der Waals surface area contributed by atoms with Crippen LogP contribution in [0.3, 0.4) is 0 Å². The Kier molecular flexibility index (Phi) is 11.1. The molecule has 8 heteroatoms. The normalized spacial score (nSPS) is 12.8. The molecule has 0 saturated carbocycles. The van der Waals surface area contributed by atoms with Gasteiger partial charge >= 0.3 is 0 Å². The first-order valence-electron chi connectivity index (χ1n) is 10.1. The summed E-state index contributed by atoms with van der Waals surface area (Å²) < 4.78 is 27.0. The van der Waals surface area contributed by atoms with Crippen molar-refractivity contribution in [2.75, 3.05) is 32.7 Å². The number of nitrogens with one attached hydrogen (secondary N) is 3. The number of hydrogen-bond donors (Lipinski definition) is 3. The molecule has 1 rings (SSSR count). The monoisotopic (exact) mass is 411 g/mol. The van der Waals surface area contributed by atoms with E-state index in [1.165, 1.54) is 0 Å². The quantitative estimate of drug-likeness (QED) is 0.278. The minimum atomic E-state index is -3.47. The average molecular weight is 412 g/mol. The highest BCUT2D eigenvalue weighted by atomic mass is 32.2. The molecule has 1 aromatic carbocycles. The van der Waals surface area contributed by atoms with Crippen molar-refractivity contribution in [3.05, 3.63) is 30.3 Å². The largest absolute Gasteiger partial charge is 0.357 e. The van der Waals surface area contributed by atoms with Gasteiger partial charge in [-0.3, -0.25) is 9.89 Å². The number of benzene rings is 1. The molecule has 1 aromatic rings. The second-order valence-corrected chi connectivity index (χ2v) is 8.94. The van der Waals surface area contributed by atoms with E-state index in [1.807, 2.05) is 6.92 Å². The maximum Gasteiger partial charge on any atom is 0.240 e. The summed E-state index contributed by atoms with van der Waals surface area (Å²) in [7, 11) is -3.47. The Morgan fingerprint density at radius 1 is 1.04 bits per heavy atom. The summed E-state index contributed by atoms with van der Waals surface area (Å²) >= 11 is 0. The Hall–Kier alpha value is -1.64. The number of sulfonamides is 1. The predicted octanol–water partition coefficient (Wildman–Crippen LogP) is 2.03. The van der Waals surface area contributed by atoms with E-state index in [4.69, 9.17) is 0 Å². The van der Waals surface area contributed by atoms with Crippen LogP contribution in [-0.2, 0) is 10.0 Å². The van der Waals surface area contributed by atoms with Gasteiger partial charge in [0.15, 0.2) is 5.96 Å². The molecule has 0 aromatic heterocycles. The summed E-state index contributed by atoms with van der Waals surface area (Å²) in [6.07, 6.45) is 0.980. The Bertz CT molecular complexity index is 667. The van der Waals surface area contributed by atoms with Crippen molar-refractivity contribution in [2.24, 2.45) is 4.99 Å². The highest BCUT2D eigenvalue weighted by Gasteiger charge is 2.13. The van der Waals surface area contributed by atoms with Gasteiger partial charge in [-0.05, 0) is 53.2 Å². The minimum Gasteiger partial charge on any atom is -0.357 e. The zero-order valence-corrected chi connectivity index (χ0v) is 18.7. The van der Waals surface area contributed by atoms with E-state index in [-0.39, 0.29) is 11.4 Å². The standard InChI is InChI=1S/C20H37N5O2S/c1-6-21-20(22-13-10-16-25(17(2)3)18(4)5)23-14-15-24-28(26,27)19-11-8-7-9-12-19/h7-9,11-12,17-18,24H,6,10,13-16H2,1-5H3,(H2,21,22,23). The van der Waals surface area contributed by atoms with E-state index in [2.05, 4.69) is 52.9 Å². The average Bonchev–Trinajstić information content (AvgIpc) is 2.65. The molecule has 0 spiro atoms. The fourth-order valence-electron chi connectivity index (χ4n) is 2.95. The molecule has 3 N–H and O–H groups in total. The molecule has 0 radical (unpaired) electrons. The lowest BCUT2D eigenvalue weighted by molar-refractivity contribution is 0.174. The van der Waals surface area contributed by atoms with Crippen molar-refractivity contribution in [1.82, 2.24) is 20.3 Å². The predicted molar refractivity (Wildman–Crippen MR) is 117 cm³/mol. The van der Waals surface area contributed by atoms with Crippen molar-refractivity contribution in [3.8, 4) is 0 Å². The van der Waals surface area contributed by atoms with Gasteiger partial charge < -0.3 is 10.6 Å².